The zero-order valence-corrected chi connectivity index (χ0v) is 9.26. The number of hydrogen-bond donors (Lipinski definition) is 1. The van der Waals surface area contributed by atoms with E-state index in [1.54, 1.807) is 0 Å². The molecule has 0 aliphatic rings. The molecule has 0 saturated heterocycles. The molecule has 4 heteroatoms. The van der Waals surface area contributed by atoms with E-state index in [1.165, 1.54) is 6.92 Å². The topological polar surface area (TPSA) is 55.8 Å². The van der Waals surface area contributed by atoms with E-state index in [-0.39, 0.29) is 0 Å². The fourth-order valence-electron chi connectivity index (χ4n) is 1.12. The Kier molecular flexibility index (Phi) is 5.53. The van der Waals surface area contributed by atoms with Crippen LogP contribution >= 0.6 is 0 Å². The Morgan fingerprint density at radius 1 is 1.31 bits per heavy atom. The number of hydrogen-bond acceptors (Lipinski definition) is 3. The summed E-state index contributed by atoms with van der Waals surface area (Å²) in [6.07, 6.45) is -0.777. The molecule has 1 N–H and O–H groups in total. The lowest BCUT2D eigenvalue weighted by Crippen LogP contribution is -2.21. The highest BCUT2D eigenvalue weighted by atomic mass is 16.5. The summed E-state index contributed by atoms with van der Waals surface area (Å²) in [5.74, 6) is -0.956. The first-order valence-corrected chi connectivity index (χ1v) is 5.16. The highest BCUT2D eigenvalue weighted by molar-refractivity contribution is 5.71. The minimum absolute atomic E-state index is 0.292. The first-order chi connectivity index (χ1) is 7.70. The summed E-state index contributed by atoms with van der Waals surface area (Å²) in [5.41, 5.74) is 1.09. The summed E-state index contributed by atoms with van der Waals surface area (Å²) in [6, 6.07) is 9.78. The molecule has 1 aromatic carbocycles. The van der Waals surface area contributed by atoms with Crippen molar-refractivity contribution in [1.29, 1.82) is 0 Å². The SMILES string of the molecule is CC(OCCOCc1ccccc1)C(=O)O. The van der Waals surface area contributed by atoms with Gasteiger partial charge in [0, 0.05) is 0 Å². The lowest BCUT2D eigenvalue weighted by molar-refractivity contribution is -0.150. The molecule has 1 rings (SSSR count). The Labute approximate surface area is 94.8 Å². The molecule has 88 valence electrons. The quantitative estimate of drug-likeness (QED) is 0.716. The predicted octanol–water partition coefficient (Wildman–Crippen LogP) is 1.69. The van der Waals surface area contributed by atoms with Gasteiger partial charge in [0.2, 0.25) is 0 Å². The molecule has 0 aliphatic heterocycles. The highest BCUT2D eigenvalue weighted by Gasteiger charge is 2.09. The number of benzene rings is 1. The molecule has 0 aliphatic carbocycles. The number of aliphatic carboxylic acids is 1. The van der Waals surface area contributed by atoms with Gasteiger partial charge >= 0.3 is 5.97 Å². The number of carbonyl (C=O) groups is 1. The standard InChI is InChI=1S/C12H16O4/c1-10(12(13)14)16-8-7-15-9-11-5-3-2-4-6-11/h2-6,10H,7-9H2,1H3,(H,13,14). The van der Waals surface area contributed by atoms with Crippen molar-refractivity contribution in [3.63, 3.8) is 0 Å². The first kappa shape index (κ1) is 12.7. The Morgan fingerprint density at radius 3 is 2.62 bits per heavy atom. The first-order valence-electron chi connectivity index (χ1n) is 5.16. The Bertz CT molecular complexity index is 310. The minimum Gasteiger partial charge on any atom is -0.479 e. The van der Waals surface area contributed by atoms with E-state index in [9.17, 15) is 4.79 Å². The van der Waals surface area contributed by atoms with Gasteiger partial charge < -0.3 is 14.6 Å². The van der Waals surface area contributed by atoms with E-state index in [4.69, 9.17) is 14.6 Å². The van der Waals surface area contributed by atoms with E-state index < -0.39 is 12.1 Å². The van der Waals surface area contributed by atoms with Crippen LogP contribution in [-0.4, -0.2) is 30.4 Å². The van der Waals surface area contributed by atoms with Crippen LogP contribution in [0.3, 0.4) is 0 Å². The van der Waals surface area contributed by atoms with Crippen molar-refractivity contribution in [2.24, 2.45) is 0 Å². The minimum atomic E-state index is -0.956. The molecule has 0 saturated carbocycles. The second-order valence-electron chi connectivity index (χ2n) is 3.39. The van der Waals surface area contributed by atoms with Gasteiger partial charge in [-0.05, 0) is 12.5 Å². The second kappa shape index (κ2) is 6.98. The van der Waals surface area contributed by atoms with Crippen LogP contribution in [0.15, 0.2) is 30.3 Å². The molecule has 0 bridgehead atoms. The van der Waals surface area contributed by atoms with Gasteiger partial charge in [-0.3, -0.25) is 0 Å². The molecule has 1 atom stereocenters. The van der Waals surface area contributed by atoms with Gasteiger partial charge in [-0.2, -0.15) is 0 Å². The summed E-state index contributed by atoms with van der Waals surface area (Å²) >= 11 is 0. The van der Waals surface area contributed by atoms with Crippen molar-refractivity contribution in [3.8, 4) is 0 Å². The summed E-state index contributed by atoms with van der Waals surface area (Å²) in [6.45, 7) is 2.71. The maximum absolute atomic E-state index is 10.4. The molecule has 0 spiro atoms. The van der Waals surface area contributed by atoms with Gasteiger partial charge in [0.15, 0.2) is 6.10 Å². The van der Waals surface area contributed by atoms with Crippen LogP contribution in [0.2, 0.25) is 0 Å². The third kappa shape index (κ3) is 4.91. The summed E-state index contributed by atoms with van der Waals surface area (Å²) < 4.78 is 10.3. The van der Waals surface area contributed by atoms with E-state index in [0.29, 0.717) is 19.8 Å². The zero-order chi connectivity index (χ0) is 11.8. The molecular weight excluding hydrogens is 208 g/mol. The maximum Gasteiger partial charge on any atom is 0.332 e. The van der Waals surface area contributed by atoms with E-state index in [1.807, 2.05) is 30.3 Å². The summed E-state index contributed by atoms with van der Waals surface area (Å²) in [5, 5.41) is 8.55. The van der Waals surface area contributed by atoms with Crippen LogP contribution in [0.1, 0.15) is 12.5 Å². The van der Waals surface area contributed by atoms with Crippen LogP contribution in [0.4, 0.5) is 0 Å². The predicted molar refractivity (Wildman–Crippen MR) is 59.1 cm³/mol. The third-order valence-corrected chi connectivity index (χ3v) is 2.05. The van der Waals surface area contributed by atoms with Crippen LogP contribution in [0.5, 0.6) is 0 Å². The monoisotopic (exact) mass is 224 g/mol. The van der Waals surface area contributed by atoms with Crippen molar-refractivity contribution in [2.75, 3.05) is 13.2 Å². The number of carboxylic acid groups (broad SMARTS) is 1. The summed E-state index contributed by atoms with van der Waals surface area (Å²) in [7, 11) is 0. The third-order valence-electron chi connectivity index (χ3n) is 2.05. The van der Waals surface area contributed by atoms with E-state index in [2.05, 4.69) is 0 Å². The number of ether oxygens (including phenoxy) is 2. The van der Waals surface area contributed by atoms with Gasteiger partial charge in [-0.1, -0.05) is 30.3 Å². The molecule has 0 amide bonds. The molecule has 16 heavy (non-hydrogen) atoms. The van der Waals surface area contributed by atoms with Gasteiger partial charge in [0.1, 0.15) is 0 Å². The van der Waals surface area contributed by atoms with Gasteiger partial charge in [0.25, 0.3) is 0 Å². The Morgan fingerprint density at radius 2 is 2.00 bits per heavy atom. The van der Waals surface area contributed by atoms with Crippen LogP contribution < -0.4 is 0 Å². The van der Waals surface area contributed by atoms with Crippen molar-refractivity contribution >= 4 is 5.97 Å². The fraction of sp³-hybridized carbons (Fsp3) is 0.417. The Hall–Kier alpha value is -1.39. The highest BCUT2D eigenvalue weighted by Crippen LogP contribution is 2.00. The second-order valence-corrected chi connectivity index (χ2v) is 3.39. The van der Waals surface area contributed by atoms with E-state index >= 15 is 0 Å². The van der Waals surface area contributed by atoms with Gasteiger partial charge in [0.05, 0.1) is 19.8 Å². The molecule has 4 nitrogen and oxygen atoms in total. The average molecular weight is 224 g/mol. The van der Waals surface area contributed by atoms with Crippen LogP contribution in [0.25, 0.3) is 0 Å². The van der Waals surface area contributed by atoms with Gasteiger partial charge in [-0.15, -0.1) is 0 Å². The number of rotatable bonds is 7. The molecule has 0 radical (unpaired) electrons. The van der Waals surface area contributed by atoms with Crippen LogP contribution in [-0.2, 0) is 20.9 Å². The maximum atomic E-state index is 10.4. The zero-order valence-electron chi connectivity index (χ0n) is 9.26. The fourth-order valence-corrected chi connectivity index (χ4v) is 1.12. The Balaban J connectivity index is 2.07. The molecule has 1 aromatic rings. The van der Waals surface area contributed by atoms with Crippen molar-refractivity contribution in [2.45, 2.75) is 19.6 Å². The molecule has 1 unspecified atom stereocenters. The largest absolute Gasteiger partial charge is 0.479 e. The smallest absolute Gasteiger partial charge is 0.332 e. The molecule has 0 heterocycles. The lowest BCUT2D eigenvalue weighted by Gasteiger charge is -2.08. The molecular formula is C12H16O4. The summed E-state index contributed by atoms with van der Waals surface area (Å²) in [4.78, 5) is 10.4. The van der Waals surface area contributed by atoms with E-state index in [0.717, 1.165) is 5.56 Å². The van der Waals surface area contributed by atoms with Crippen molar-refractivity contribution in [3.05, 3.63) is 35.9 Å². The average Bonchev–Trinajstić information content (AvgIpc) is 2.29. The van der Waals surface area contributed by atoms with Crippen molar-refractivity contribution < 1.29 is 19.4 Å². The van der Waals surface area contributed by atoms with Crippen molar-refractivity contribution in [1.82, 2.24) is 0 Å². The van der Waals surface area contributed by atoms with Gasteiger partial charge in [-0.25, -0.2) is 4.79 Å². The normalized spacial score (nSPS) is 12.3. The lowest BCUT2D eigenvalue weighted by atomic mass is 10.2. The number of carboxylic acids is 1. The molecule has 0 fully saturated rings. The van der Waals surface area contributed by atoms with Crippen LogP contribution in [0, 0.1) is 0 Å². The molecule has 0 aromatic heterocycles.